The molecule has 0 N–H and O–H groups in total. The molecule has 0 spiro atoms. The largest absolute Gasteiger partial charge is 0.302 e. The van der Waals surface area contributed by atoms with E-state index in [2.05, 4.69) is 39.2 Å². The van der Waals surface area contributed by atoms with Gasteiger partial charge in [0, 0.05) is 28.8 Å². The zero-order valence-corrected chi connectivity index (χ0v) is 17.1. The van der Waals surface area contributed by atoms with E-state index in [1.54, 1.807) is 23.1 Å². The van der Waals surface area contributed by atoms with Crippen molar-refractivity contribution in [3.05, 3.63) is 70.7 Å². The summed E-state index contributed by atoms with van der Waals surface area (Å²) in [7, 11) is 0. The Hall–Kier alpha value is -2.15. The average Bonchev–Trinajstić information content (AvgIpc) is 3.34. The van der Waals surface area contributed by atoms with Crippen molar-refractivity contribution < 1.29 is 0 Å². The molecule has 0 amide bonds. The lowest BCUT2D eigenvalue weighted by molar-refractivity contribution is 0.687. The average molecular weight is 413 g/mol. The van der Waals surface area contributed by atoms with Crippen molar-refractivity contribution in [2.45, 2.75) is 24.4 Å². The van der Waals surface area contributed by atoms with Crippen LogP contribution in [0.25, 0.3) is 22.0 Å². The van der Waals surface area contributed by atoms with E-state index in [9.17, 15) is 0 Å². The van der Waals surface area contributed by atoms with Crippen LogP contribution in [0.15, 0.2) is 65.1 Å². The van der Waals surface area contributed by atoms with Gasteiger partial charge in [0.15, 0.2) is 11.0 Å². The van der Waals surface area contributed by atoms with Crippen LogP contribution in [-0.2, 0) is 12.3 Å². The number of thioether (sulfide) groups is 1. The molecule has 0 radical (unpaired) electrons. The molecule has 27 heavy (non-hydrogen) atoms. The molecule has 4 nitrogen and oxygen atoms in total. The molecule has 0 atom stereocenters. The van der Waals surface area contributed by atoms with Gasteiger partial charge in [0.25, 0.3) is 0 Å². The summed E-state index contributed by atoms with van der Waals surface area (Å²) in [4.78, 5) is 4.75. The normalized spacial score (nSPS) is 11.0. The molecule has 7 heteroatoms. The predicted molar refractivity (Wildman–Crippen MR) is 113 cm³/mol. The smallest absolute Gasteiger partial charge is 0.191 e. The van der Waals surface area contributed by atoms with Crippen LogP contribution in [-0.4, -0.2) is 19.7 Å². The third kappa shape index (κ3) is 3.93. The van der Waals surface area contributed by atoms with Crippen LogP contribution in [0.3, 0.4) is 0 Å². The quantitative estimate of drug-likeness (QED) is 0.362. The van der Waals surface area contributed by atoms with E-state index in [0.29, 0.717) is 5.02 Å². The van der Waals surface area contributed by atoms with Gasteiger partial charge in [0.05, 0.1) is 10.7 Å². The number of hydrogen-bond acceptors (Lipinski definition) is 5. The van der Waals surface area contributed by atoms with Gasteiger partial charge in [0.2, 0.25) is 0 Å². The Morgan fingerprint density at radius 3 is 2.59 bits per heavy atom. The summed E-state index contributed by atoms with van der Waals surface area (Å²) in [5.74, 6) is 1.55. The van der Waals surface area contributed by atoms with E-state index in [1.807, 2.05) is 42.5 Å². The van der Waals surface area contributed by atoms with E-state index >= 15 is 0 Å². The standard InChI is InChI=1S/C20H17ClN4S2/c1-2-25-18(16-10-6-7-11-17(16)21)23-24-20(25)27-13-15-12-26-19(22-15)14-8-4-3-5-9-14/h3-12H,2,13H2,1H3. The second-order valence-electron chi connectivity index (χ2n) is 5.83. The Labute approximate surface area is 171 Å². The first-order valence-corrected chi connectivity index (χ1v) is 10.8. The Morgan fingerprint density at radius 2 is 1.81 bits per heavy atom. The number of nitrogens with zero attached hydrogens (tertiary/aromatic N) is 4. The maximum absolute atomic E-state index is 6.33. The Balaban J connectivity index is 1.53. The highest BCUT2D eigenvalue weighted by Crippen LogP contribution is 2.31. The van der Waals surface area contributed by atoms with Crippen molar-refractivity contribution in [2.75, 3.05) is 0 Å². The van der Waals surface area contributed by atoms with Crippen molar-refractivity contribution in [1.82, 2.24) is 19.7 Å². The first-order chi connectivity index (χ1) is 13.3. The zero-order valence-electron chi connectivity index (χ0n) is 14.7. The number of hydrogen-bond donors (Lipinski definition) is 0. The van der Waals surface area contributed by atoms with Crippen LogP contribution < -0.4 is 0 Å². The van der Waals surface area contributed by atoms with Crippen molar-refractivity contribution in [2.24, 2.45) is 0 Å². The first-order valence-electron chi connectivity index (χ1n) is 8.57. The van der Waals surface area contributed by atoms with E-state index in [-0.39, 0.29) is 0 Å². The summed E-state index contributed by atoms with van der Waals surface area (Å²) in [5.41, 5.74) is 3.10. The number of thiazole rings is 1. The van der Waals surface area contributed by atoms with Crippen LogP contribution >= 0.6 is 34.7 Å². The lowest BCUT2D eigenvalue weighted by Crippen LogP contribution is -2.00. The van der Waals surface area contributed by atoms with Crippen molar-refractivity contribution in [3.63, 3.8) is 0 Å². The lowest BCUT2D eigenvalue weighted by Gasteiger charge is -2.08. The first kappa shape index (κ1) is 18.2. The molecule has 0 bridgehead atoms. The van der Waals surface area contributed by atoms with Gasteiger partial charge in [-0.3, -0.25) is 0 Å². The van der Waals surface area contributed by atoms with Gasteiger partial charge in [-0.1, -0.05) is 65.8 Å². The van der Waals surface area contributed by atoms with Gasteiger partial charge >= 0.3 is 0 Å². The predicted octanol–water partition coefficient (Wildman–Crippen LogP) is 6.03. The lowest BCUT2D eigenvalue weighted by atomic mass is 10.2. The third-order valence-electron chi connectivity index (χ3n) is 4.07. The summed E-state index contributed by atoms with van der Waals surface area (Å²) in [6.45, 7) is 2.87. The topological polar surface area (TPSA) is 43.6 Å². The molecule has 4 rings (SSSR count). The molecule has 136 valence electrons. The monoisotopic (exact) mass is 412 g/mol. The number of aromatic nitrogens is 4. The highest BCUT2D eigenvalue weighted by molar-refractivity contribution is 7.98. The summed E-state index contributed by atoms with van der Waals surface area (Å²) in [5, 5.41) is 13.5. The van der Waals surface area contributed by atoms with Crippen LogP contribution in [0.5, 0.6) is 0 Å². The fourth-order valence-corrected chi connectivity index (χ4v) is 4.79. The van der Waals surface area contributed by atoms with Gasteiger partial charge in [-0.05, 0) is 19.1 Å². The summed E-state index contributed by atoms with van der Waals surface area (Å²) in [6.07, 6.45) is 0. The van der Waals surface area contributed by atoms with Gasteiger partial charge in [-0.25, -0.2) is 4.98 Å². The SMILES string of the molecule is CCn1c(SCc2csc(-c3ccccc3)n2)nnc1-c1ccccc1Cl. The van der Waals surface area contributed by atoms with E-state index in [0.717, 1.165) is 45.1 Å². The molecule has 0 aliphatic rings. The van der Waals surface area contributed by atoms with E-state index < -0.39 is 0 Å². The fourth-order valence-electron chi connectivity index (χ4n) is 2.75. The van der Waals surface area contributed by atoms with Crippen LogP contribution in [0.4, 0.5) is 0 Å². The van der Waals surface area contributed by atoms with Gasteiger partial charge in [-0.2, -0.15) is 0 Å². The fraction of sp³-hybridized carbons (Fsp3) is 0.150. The molecule has 0 fully saturated rings. The maximum Gasteiger partial charge on any atom is 0.191 e. The molecular weight excluding hydrogens is 396 g/mol. The van der Waals surface area contributed by atoms with Crippen molar-refractivity contribution in [3.8, 4) is 22.0 Å². The molecule has 0 aliphatic carbocycles. The number of rotatable bonds is 6. The van der Waals surface area contributed by atoms with Crippen molar-refractivity contribution >= 4 is 34.7 Å². The molecule has 0 saturated heterocycles. The van der Waals surface area contributed by atoms with Gasteiger partial charge in [-0.15, -0.1) is 21.5 Å². The summed E-state index contributed by atoms with van der Waals surface area (Å²) in [6, 6.07) is 18.0. The Bertz CT molecular complexity index is 1040. The minimum absolute atomic E-state index is 0.683. The molecule has 4 aromatic rings. The molecule has 2 heterocycles. The molecule has 0 saturated carbocycles. The minimum Gasteiger partial charge on any atom is -0.302 e. The van der Waals surface area contributed by atoms with Crippen LogP contribution in [0.2, 0.25) is 5.02 Å². The number of halogens is 1. The highest BCUT2D eigenvalue weighted by atomic mass is 35.5. The molecular formula is C20H17ClN4S2. The van der Waals surface area contributed by atoms with E-state index in [1.165, 1.54) is 0 Å². The summed E-state index contributed by atoms with van der Waals surface area (Å²) >= 11 is 9.65. The van der Waals surface area contributed by atoms with Crippen LogP contribution in [0, 0.1) is 0 Å². The zero-order chi connectivity index (χ0) is 18.6. The maximum atomic E-state index is 6.33. The van der Waals surface area contributed by atoms with Gasteiger partial charge in [0.1, 0.15) is 5.01 Å². The molecule has 0 aliphatic heterocycles. The van der Waals surface area contributed by atoms with Crippen LogP contribution in [0.1, 0.15) is 12.6 Å². The summed E-state index contributed by atoms with van der Waals surface area (Å²) < 4.78 is 2.09. The second-order valence-corrected chi connectivity index (χ2v) is 8.04. The minimum atomic E-state index is 0.683. The van der Waals surface area contributed by atoms with E-state index in [4.69, 9.17) is 16.6 Å². The Kier molecular flexibility index (Phi) is 5.57. The van der Waals surface area contributed by atoms with Gasteiger partial charge < -0.3 is 4.57 Å². The molecule has 0 unspecified atom stereocenters. The number of benzene rings is 2. The second kappa shape index (κ2) is 8.25. The molecule has 2 aromatic carbocycles. The molecule has 2 aromatic heterocycles. The third-order valence-corrected chi connectivity index (χ3v) is 6.34. The highest BCUT2D eigenvalue weighted by Gasteiger charge is 2.16. The Morgan fingerprint density at radius 1 is 1.04 bits per heavy atom. The van der Waals surface area contributed by atoms with Crippen molar-refractivity contribution in [1.29, 1.82) is 0 Å².